The average molecular weight is 363 g/mol. The normalized spacial score (nSPS) is 42.7. The van der Waals surface area contributed by atoms with Crippen LogP contribution in [0.4, 0.5) is 0 Å². The van der Waals surface area contributed by atoms with E-state index < -0.39 is 0 Å². The molecule has 2 heterocycles. The van der Waals surface area contributed by atoms with Gasteiger partial charge in [0.15, 0.2) is 0 Å². The molecule has 4 nitrogen and oxygen atoms in total. The molecule has 0 aromatic rings. The Morgan fingerprint density at radius 3 is 2.77 bits per heavy atom. The minimum Gasteiger partial charge on any atom is -0.465 e. The average Bonchev–Trinajstić information content (AvgIpc) is 3.42. The first-order valence-corrected chi connectivity index (χ1v) is 10.1. The Morgan fingerprint density at radius 2 is 2.04 bits per heavy atom. The van der Waals surface area contributed by atoms with Gasteiger partial charge in [0.2, 0.25) is 0 Å². The van der Waals surface area contributed by atoms with Gasteiger partial charge in [0.25, 0.3) is 0 Å². The molecule has 2 aliphatic heterocycles. The molecule has 0 amide bonds. The number of allylic oxidation sites excluding steroid dienone is 2. The highest BCUT2D eigenvalue weighted by Gasteiger charge is 2.52. The van der Waals surface area contributed by atoms with Crippen molar-refractivity contribution in [3.05, 3.63) is 23.3 Å². The Balaban J connectivity index is 1.72. The molecular weight excluding hydrogens is 328 g/mol. The van der Waals surface area contributed by atoms with Gasteiger partial charge in [-0.25, -0.2) is 0 Å². The van der Waals surface area contributed by atoms with Crippen LogP contribution in [-0.2, 0) is 19.0 Å². The lowest BCUT2D eigenvalue weighted by molar-refractivity contribution is -0.141. The van der Waals surface area contributed by atoms with E-state index in [0.29, 0.717) is 12.7 Å². The van der Waals surface area contributed by atoms with Gasteiger partial charge in [-0.3, -0.25) is 4.79 Å². The predicted molar refractivity (Wildman–Crippen MR) is 102 cm³/mol. The molecule has 0 N–H and O–H groups in total. The first-order chi connectivity index (χ1) is 12.2. The van der Waals surface area contributed by atoms with Crippen LogP contribution in [0.5, 0.6) is 0 Å². The maximum atomic E-state index is 11.2. The Hall–Kier alpha value is -1.13. The fourth-order valence-corrected chi connectivity index (χ4v) is 4.04. The summed E-state index contributed by atoms with van der Waals surface area (Å²) in [4.78, 5) is 11.2. The monoisotopic (exact) mass is 362 g/mol. The molecule has 0 aromatic heterocycles. The van der Waals surface area contributed by atoms with Gasteiger partial charge in [-0.1, -0.05) is 30.2 Å². The quantitative estimate of drug-likeness (QED) is 0.414. The first-order valence-electron chi connectivity index (χ1n) is 10.1. The van der Waals surface area contributed by atoms with Crippen molar-refractivity contribution in [1.29, 1.82) is 0 Å². The summed E-state index contributed by atoms with van der Waals surface area (Å²) in [6.45, 7) is 10.7. The fraction of sp³-hybridized carbons (Fsp3) is 0.773. The molecule has 3 aliphatic rings. The molecule has 0 radical (unpaired) electrons. The largest absolute Gasteiger partial charge is 0.465 e. The second-order valence-corrected chi connectivity index (χ2v) is 8.84. The summed E-state index contributed by atoms with van der Waals surface area (Å²) in [6, 6.07) is 0. The molecule has 26 heavy (non-hydrogen) atoms. The zero-order chi connectivity index (χ0) is 18.9. The molecule has 3 rings (SSSR count). The minimum absolute atomic E-state index is 0.00164. The summed E-state index contributed by atoms with van der Waals surface area (Å²) in [5.41, 5.74) is 2.75. The van der Waals surface area contributed by atoms with E-state index in [1.54, 1.807) is 0 Å². The number of epoxide rings is 2. The first kappa shape index (κ1) is 19.6. The van der Waals surface area contributed by atoms with Crippen LogP contribution < -0.4 is 0 Å². The van der Waals surface area contributed by atoms with Crippen molar-refractivity contribution in [2.75, 3.05) is 6.61 Å². The number of esters is 1. The molecule has 0 spiro atoms. The van der Waals surface area contributed by atoms with Crippen molar-refractivity contribution in [2.45, 2.75) is 96.6 Å². The summed E-state index contributed by atoms with van der Waals surface area (Å²) in [5.74, 6) is -0.00578. The topological polar surface area (TPSA) is 51.4 Å². The van der Waals surface area contributed by atoms with Crippen LogP contribution in [-0.4, -0.2) is 36.0 Å². The highest BCUT2D eigenvalue weighted by molar-refractivity contribution is 5.65. The lowest BCUT2D eigenvalue weighted by Gasteiger charge is -2.18. The van der Waals surface area contributed by atoms with E-state index >= 15 is 0 Å². The SMILES string of the molecule is CC(=O)OC[C@H](C)/C1=C/[C@H]2O[C@]2(C)CC/C=C(\C)CC[C@@H]2O[C@]2(C)CC1. The number of ether oxygens (including phenoxy) is 3. The van der Waals surface area contributed by atoms with E-state index in [2.05, 4.69) is 39.8 Å². The molecule has 0 aromatic carbocycles. The maximum Gasteiger partial charge on any atom is 0.302 e. The van der Waals surface area contributed by atoms with Gasteiger partial charge in [0.1, 0.15) is 6.10 Å². The number of carbonyl (C=O) groups excluding carboxylic acids is 1. The zero-order valence-electron chi connectivity index (χ0n) is 17.0. The molecule has 1 aliphatic carbocycles. The summed E-state index contributed by atoms with van der Waals surface area (Å²) in [6.07, 6.45) is 11.5. The van der Waals surface area contributed by atoms with E-state index in [0.717, 1.165) is 38.5 Å². The van der Waals surface area contributed by atoms with Crippen LogP contribution in [0.15, 0.2) is 23.3 Å². The maximum absolute atomic E-state index is 11.2. The summed E-state index contributed by atoms with van der Waals surface area (Å²) in [5, 5.41) is 0. The Kier molecular flexibility index (Phi) is 5.64. The van der Waals surface area contributed by atoms with Crippen LogP contribution >= 0.6 is 0 Å². The molecule has 0 unspecified atom stereocenters. The van der Waals surface area contributed by atoms with E-state index in [1.165, 1.54) is 18.1 Å². The van der Waals surface area contributed by atoms with Gasteiger partial charge in [-0.15, -0.1) is 0 Å². The lowest BCUT2D eigenvalue weighted by atomic mass is 9.88. The van der Waals surface area contributed by atoms with Gasteiger partial charge in [-0.2, -0.15) is 0 Å². The second-order valence-electron chi connectivity index (χ2n) is 8.84. The minimum atomic E-state index is -0.217. The number of fused-ring (bicyclic) bond motifs is 2. The van der Waals surface area contributed by atoms with Gasteiger partial charge in [-0.05, 0) is 59.3 Å². The summed E-state index contributed by atoms with van der Waals surface area (Å²) < 4.78 is 17.3. The van der Waals surface area contributed by atoms with E-state index in [1.807, 2.05) is 0 Å². The Labute approximate surface area is 158 Å². The van der Waals surface area contributed by atoms with Gasteiger partial charge in [0, 0.05) is 12.8 Å². The van der Waals surface area contributed by atoms with Crippen molar-refractivity contribution >= 4 is 5.97 Å². The third-order valence-corrected chi connectivity index (χ3v) is 6.36. The van der Waals surface area contributed by atoms with Crippen LogP contribution in [0, 0.1) is 5.92 Å². The van der Waals surface area contributed by atoms with Gasteiger partial charge in [0.05, 0.1) is 23.9 Å². The van der Waals surface area contributed by atoms with E-state index in [4.69, 9.17) is 14.2 Å². The number of rotatable bonds is 3. The van der Waals surface area contributed by atoms with Gasteiger partial charge >= 0.3 is 5.97 Å². The Bertz CT molecular complexity index is 607. The number of hydrogen-bond donors (Lipinski definition) is 0. The summed E-state index contributed by atoms with van der Waals surface area (Å²) >= 11 is 0. The molecule has 0 saturated carbocycles. The molecule has 2 saturated heterocycles. The van der Waals surface area contributed by atoms with Crippen molar-refractivity contribution in [3.63, 3.8) is 0 Å². The molecule has 2 fully saturated rings. The van der Waals surface area contributed by atoms with E-state index in [9.17, 15) is 4.79 Å². The standard InChI is InChI=1S/C22H34O4/c1-15-7-6-11-21(4)20(26-21)13-18(16(2)14-24-17(3)23)10-12-22(5)19(25-22)9-8-15/h7,13,16,19-20H,6,8-12,14H2,1-5H3/b15-7+,18-13+/t16-,19-,20+,21+,22+/m0/s1. The van der Waals surface area contributed by atoms with Crippen LogP contribution in [0.1, 0.15) is 73.1 Å². The molecule has 0 bridgehead atoms. The van der Waals surface area contributed by atoms with E-state index in [-0.39, 0.29) is 29.2 Å². The molecule has 4 heteroatoms. The predicted octanol–water partition coefficient (Wildman–Crippen LogP) is 4.73. The number of hydrogen-bond acceptors (Lipinski definition) is 4. The van der Waals surface area contributed by atoms with Crippen LogP contribution in [0.25, 0.3) is 0 Å². The third kappa shape index (κ3) is 4.77. The van der Waals surface area contributed by atoms with Crippen molar-refractivity contribution in [3.8, 4) is 0 Å². The highest BCUT2D eigenvalue weighted by atomic mass is 16.6. The molecule has 5 atom stereocenters. The third-order valence-electron chi connectivity index (χ3n) is 6.36. The fourth-order valence-electron chi connectivity index (χ4n) is 4.04. The van der Waals surface area contributed by atoms with Crippen molar-refractivity contribution in [1.82, 2.24) is 0 Å². The molecular formula is C22H34O4. The second kappa shape index (κ2) is 7.47. The summed E-state index contributed by atoms with van der Waals surface area (Å²) in [7, 11) is 0. The highest BCUT2D eigenvalue weighted by Crippen LogP contribution is 2.46. The van der Waals surface area contributed by atoms with Crippen LogP contribution in [0.2, 0.25) is 0 Å². The van der Waals surface area contributed by atoms with Gasteiger partial charge < -0.3 is 14.2 Å². The zero-order valence-corrected chi connectivity index (χ0v) is 17.0. The Morgan fingerprint density at radius 1 is 1.27 bits per heavy atom. The number of carbonyl (C=O) groups is 1. The molecule has 146 valence electrons. The lowest BCUT2D eigenvalue weighted by Crippen LogP contribution is -2.17. The van der Waals surface area contributed by atoms with Crippen molar-refractivity contribution in [2.24, 2.45) is 5.92 Å². The van der Waals surface area contributed by atoms with Crippen LogP contribution in [0.3, 0.4) is 0 Å². The van der Waals surface area contributed by atoms with Crippen molar-refractivity contribution < 1.29 is 19.0 Å². The smallest absolute Gasteiger partial charge is 0.302 e.